The van der Waals surface area contributed by atoms with Crippen molar-refractivity contribution >= 4 is 56.4 Å². The molecule has 0 aliphatic heterocycles. The Kier molecular flexibility index (Phi) is 4.58. The van der Waals surface area contributed by atoms with Crippen molar-refractivity contribution < 1.29 is 9.30 Å². The van der Waals surface area contributed by atoms with Crippen molar-refractivity contribution in [1.82, 2.24) is 15.0 Å². The summed E-state index contributed by atoms with van der Waals surface area (Å²) in [5.41, 5.74) is 4.40. The van der Waals surface area contributed by atoms with E-state index in [9.17, 15) is 4.57 Å². The molecule has 0 saturated heterocycles. The molecule has 0 unspecified atom stereocenters. The molecule has 138 valence electrons. The monoisotopic (exact) mass is 398 g/mol. The normalized spacial score (nSPS) is 11.8. The van der Waals surface area contributed by atoms with Gasteiger partial charge in [0.2, 0.25) is 0 Å². The van der Waals surface area contributed by atoms with Gasteiger partial charge in [0, 0.05) is 17.1 Å². The number of hydrogen-bond donors (Lipinski definition) is 1. The van der Waals surface area contributed by atoms with E-state index < -0.39 is 7.14 Å². The molecule has 0 saturated carbocycles. The van der Waals surface area contributed by atoms with Crippen molar-refractivity contribution in [2.24, 2.45) is 0 Å². The number of nitrogens with zero attached hydrogens (tertiary/aromatic N) is 3. The summed E-state index contributed by atoms with van der Waals surface area (Å²) >= 11 is 1.61. The van der Waals surface area contributed by atoms with E-state index in [0.29, 0.717) is 23.5 Å². The molecule has 0 aliphatic carbocycles. The molecule has 0 bridgehead atoms. The summed E-state index contributed by atoms with van der Waals surface area (Å²) in [6.45, 7) is 5.89. The van der Waals surface area contributed by atoms with Gasteiger partial charge in [0.05, 0.1) is 33.2 Å². The third kappa shape index (κ3) is 3.53. The standard InChI is InChI=1S/C19H19N4O2PS/c1-4-25-16-9-14-13(8-17(16)26(2,3)24)19(21-10-20-14)23-12-5-6-18-15(7-12)22-11-27-18/h5-11H,4H2,1-3H3,(H,20,21,23). The summed E-state index contributed by atoms with van der Waals surface area (Å²) in [5.74, 6) is 1.28. The molecule has 1 N–H and O–H groups in total. The van der Waals surface area contributed by atoms with Gasteiger partial charge in [-0.2, -0.15) is 0 Å². The van der Waals surface area contributed by atoms with Crippen LogP contribution in [0.3, 0.4) is 0 Å². The maximum atomic E-state index is 12.8. The van der Waals surface area contributed by atoms with E-state index in [1.165, 1.54) is 6.33 Å². The molecule has 8 heteroatoms. The van der Waals surface area contributed by atoms with Gasteiger partial charge in [-0.15, -0.1) is 11.3 Å². The molecule has 0 aliphatic rings. The summed E-state index contributed by atoms with van der Waals surface area (Å²) in [7, 11) is -2.53. The van der Waals surface area contributed by atoms with Crippen LogP contribution in [0.2, 0.25) is 0 Å². The van der Waals surface area contributed by atoms with Crippen LogP contribution in [0.5, 0.6) is 5.75 Å². The quantitative estimate of drug-likeness (QED) is 0.494. The molecule has 6 nitrogen and oxygen atoms in total. The molecule has 0 atom stereocenters. The van der Waals surface area contributed by atoms with Gasteiger partial charge >= 0.3 is 0 Å². The molecule has 0 amide bonds. The van der Waals surface area contributed by atoms with E-state index in [1.807, 2.05) is 42.8 Å². The van der Waals surface area contributed by atoms with E-state index in [-0.39, 0.29) is 0 Å². The molecular formula is C19H19N4O2PS. The van der Waals surface area contributed by atoms with Crippen molar-refractivity contribution in [1.29, 1.82) is 0 Å². The summed E-state index contributed by atoms with van der Waals surface area (Å²) in [6.07, 6.45) is 1.51. The lowest BCUT2D eigenvalue weighted by atomic mass is 10.2. The molecule has 2 aromatic heterocycles. The predicted molar refractivity (Wildman–Crippen MR) is 113 cm³/mol. The van der Waals surface area contributed by atoms with Crippen LogP contribution in [0.15, 0.2) is 42.2 Å². The summed E-state index contributed by atoms with van der Waals surface area (Å²) in [4.78, 5) is 13.1. The first-order valence-electron chi connectivity index (χ1n) is 8.53. The number of benzene rings is 2. The topological polar surface area (TPSA) is 77.0 Å². The van der Waals surface area contributed by atoms with Crippen molar-refractivity contribution in [2.45, 2.75) is 6.92 Å². The van der Waals surface area contributed by atoms with Crippen molar-refractivity contribution in [3.63, 3.8) is 0 Å². The fraction of sp³-hybridized carbons (Fsp3) is 0.211. The highest BCUT2D eigenvalue weighted by molar-refractivity contribution is 7.70. The van der Waals surface area contributed by atoms with Crippen LogP contribution < -0.4 is 15.4 Å². The number of anilines is 2. The Morgan fingerprint density at radius 2 is 1.96 bits per heavy atom. The Morgan fingerprint density at radius 1 is 1.11 bits per heavy atom. The maximum Gasteiger partial charge on any atom is 0.141 e. The zero-order chi connectivity index (χ0) is 19.0. The van der Waals surface area contributed by atoms with Gasteiger partial charge in [-0.1, -0.05) is 0 Å². The Balaban J connectivity index is 1.83. The summed E-state index contributed by atoms with van der Waals surface area (Å²) < 4.78 is 19.6. The number of nitrogens with one attached hydrogen (secondary N) is 1. The number of fused-ring (bicyclic) bond motifs is 2. The fourth-order valence-electron chi connectivity index (χ4n) is 2.94. The second-order valence-corrected chi connectivity index (χ2v) is 10.6. The zero-order valence-corrected chi connectivity index (χ0v) is 17.0. The van der Waals surface area contributed by atoms with E-state index in [1.54, 1.807) is 24.7 Å². The first-order valence-corrected chi connectivity index (χ1v) is 12.0. The first-order chi connectivity index (χ1) is 13.0. The van der Waals surface area contributed by atoms with E-state index in [2.05, 4.69) is 20.3 Å². The second-order valence-electron chi connectivity index (χ2n) is 6.50. The average molecular weight is 398 g/mol. The summed E-state index contributed by atoms with van der Waals surface area (Å²) in [5, 5.41) is 4.84. The maximum absolute atomic E-state index is 12.8. The Morgan fingerprint density at radius 3 is 2.74 bits per heavy atom. The van der Waals surface area contributed by atoms with Crippen LogP contribution in [0.1, 0.15) is 6.92 Å². The number of rotatable bonds is 5. The van der Waals surface area contributed by atoms with E-state index in [4.69, 9.17) is 4.74 Å². The van der Waals surface area contributed by atoms with Crippen LogP contribution >= 0.6 is 18.5 Å². The number of ether oxygens (including phenoxy) is 1. The Labute approximate surface area is 161 Å². The highest BCUT2D eigenvalue weighted by Crippen LogP contribution is 2.40. The second kappa shape index (κ2) is 6.91. The minimum absolute atomic E-state index is 0.502. The number of aromatic nitrogens is 3. The van der Waals surface area contributed by atoms with Gasteiger partial charge in [0.15, 0.2) is 0 Å². The molecule has 2 heterocycles. The number of hydrogen-bond acceptors (Lipinski definition) is 7. The fourth-order valence-corrected chi connectivity index (χ4v) is 4.70. The molecule has 0 fully saturated rings. The SMILES string of the molecule is CCOc1cc2ncnc(Nc3ccc4scnc4c3)c2cc1P(C)(C)=O. The van der Waals surface area contributed by atoms with Crippen LogP contribution in [0.4, 0.5) is 11.5 Å². The van der Waals surface area contributed by atoms with Crippen LogP contribution in [0, 0.1) is 0 Å². The lowest BCUT2D eigenvalue weighted by Gasteiger charge is -2.16. The van der Waals surface area contributed by atoms with Gasteiger partial charge in [-0.3, -0.25) is 0 Å². The molecular weight excluding hydrogens is 379 g/mol. The lowest BCUT2D eigenvalue weighted by Crippen LogP contribution is -2.10. The van der Waals surface area contributed by atoms with Crippen molar-refractivity contribution in [3.8, 4) is 5.75 Å². The molecule has 0 spiro atoms. The van der Waals surface area contributed by atoms with E-state index >= 15 is 0 Å². The van der Waals surface area contributed by atoms with Crippen LogP contribution in [0.25, 0.3) is 21.1 Å². The van der Waals surface area contributed by atoms with Gasteiger partial charge in [0.25, 0.3) is 0 Å². The Bertz CT molecular complexity index is 1180. The first kappa shape index (κ1) is 17.9. The summed E-state index contributed by atoms with van der Waals surface area (Å²) in [6, 6.07) is 9.73. The van der Waals surface area contributed by atoms with Gasteiger partial charge < -0.3 is 14.6 Å². The highest BCUT2D eigenvalue weighted by Gasteiger charge is 2.20. The molecule has 27 heavy (non-hydrogen) atoms. The average Bonchev–Trinajstić information content (AvgIpc) is 3.08. The number of thiazole rings is 1. The third-order valence-electron chi connectivity index (χ3n) is 4.19. The smallest absolute Gasteiger partial charge is 0.141 e. The van der Waals surface area contributed by atoms with Crippen LogP contribution in [-0.2, 0) is 4.57 Å². The molecule has 2 aromatic carbocycles. The predicted octanol–water partition coefficient (Wildman–Crippen LogP) is 4.63. The molecule has 4 aromatic rings. The third-order valence-corrected chi connectivity index (χ3v) is 6.51. The minimum atomic E-state index is -2.53. The van der Waals surface area contributed by atoms with Crippen LogP contribution in [-0.4, -0.2) is 34.9 Å². The van der Waals surface area contributed by atoms with Gasteiger partial charge in [0.1, 0.15) is 25.0 Å². The van der Waals surface area contributed by atoms with Crippen molar-refractivity contribution in [3.05, 3.63) is 42.2 Å². The molecule has 4 rings (SSSR count). The highest BCUT2D eigenvalue weighted by atomic mass is 32.1. The van der Waals surface area contributed by atoms with Crippen molar-refractivity contribution in [2.75, 3.05) is 25.3 Å². The van der Waals surface area contributed by atoms with E-state index in [0.717, 1.165) is 26.8 Å². The zero-order valence-electron chi connectivity index (χ0n) is 15.3. The van der Waals surface area contributed by atoms with Gasteiger partial charge in [-0.05, 0) is 44.5 Å². The Hall–Kier alpha value is -2.50. The largest absolute Gasteiger partial charge is 0.493 e. The minimum Gasteiger partial charge on any atom is -0.493 e. The molecule has 0 radical (unpaired) electrons. The lowest BCUT2D eigenvalue weighted by molar-refractivity contribution is 0.343. The van der Waals surface area contributed by atoms with Gasteiger partial charge in [-0.25, -0.2) is 15.0 Å².